The quantitative estimate of drug-likeness (QED) is 0.391. The molecular weight excluding hydrogens is 488 g/mol. The Kier molecular flexibility index (Phi) is 6.21. The van der Waals surface area contributed by atoms with Gasteiger partial charge in [-0.2, -0.15) is 0 Å². The topological polar surface area (TPSA) is 57.3 Å². The maximum Gasteiger partial charge on any atom is 0.326 e. The molecule has 1 N–H and O–H groups in total. The molecule has 0 aromatic heterocycles. The molecule has 7 heteroatoms. The number of carbonyl (C=O) groups excluding carboxylic acids is 1. The number of fused-ring (bicyclic) bond motifs is 4. The molecule has 3 aliphatic heterocycles. The molecule has 1 saturated heterocycles. The largest absolute Gasteiger partial charge is 0.486 e. The number of nitrogens with one attached hydrogen (secondary N) is 1. The number of nitrogens with zero attached hydrogens (tertiary/aromatic N) is 3. The van der Waals surface area contributed by atoms with Gasteiger partial charge >= 0.3 is 6.03 Å². The second-order valence-electron chi connectivity index (χ2n) is 10.5. The van der Waals surface area contributed by atoms with E-state index >= 15 is 0 Å². The van der Waals surface area contributed by atoms with Crippen LogP contribution in [0.1, 0.15) is 5.56 Å². The van der Waals surface area contributed by atoms with E-state index in [0.717, 1.165) is 67.7 Å². The maximum absolute atomic E-state index is 13.3. The van der Waals surface area contributed by atoms with Crippen LogP contribution >= 0.6 is 0 Å². The third-order valence-corrected chi connectivity index (χ3v) is 8.00. The van der Waals surface area contributed by atoms with Crippen molar-refractivity contribution < 1.29 is 14.3 Å². The molecule has 2 amide bonds. The molecule has 7 rings (SSSR count). The molecule has 0 aliphatic carbocycles. The Labute approximate surface area is 228 Å². The van der Waals surface area contributed by atoms with Crippen molar-refractivity contribution in [2.75, 3.05) is 61.0 Å². The van der Waals surface area contributed by atoms with Crippen molar-refractivity contribution in [2.45, 2.75) is 12.5 Å². The smallest absolute Gasteiger partial charge is 0.326 e. The van der Waals surface area contributed by atoms with Crippen LogP contribution in [0.3, 0.4) is 0 Å². The summed E-state index contributed by atoms with van der Waals surface area (Å²) < 4.78 is 12.0. The van der Waals surface area contributed by atoms with Gasteiger partial charge in [0.1, 0.15) is 12.7 Å². The minimum Gasteiger partial charge on any atom is -0.486 e. The Morgan fingerprint density at radius 3 is 2.56 bits per heavy atom. The molecule has 1 fully saturated rings. The van der Waals surface area contributed by atoms with Gasteiger partial charge in [0.05, 0.1) is 0 Å². The Balaban J connectivity index is 0.963. The second kappa shape index (κ2) is 10.2. The summed E-state index contributed by atoms with van der Waals surface area (Å²) in [6.07, 6.45) is 0.914. The van der Waals surface area contributed by atoms with E-state index in [2.05, 4.69) is 63.6 Å². The molecule has 39 heavy (non-hydrogen) atoms. The van der Waals surface area contributed by atoms with Crippen LogP contribution in [0.15, 0.2) is 84.9 Å². The first kappa shape index (κ1) is 23.9. The van der Waals surface area contributed by atoms with E-state index in [9.17, 15) is 4.79 Å². The predicted molar refractivity (Wildman–Crippen MR) is 155 cm³/mol. The molecule has 3 aliphatic rings. The molecule has 0 saturated carbocycles. The summed E-state index contributed by atoms with van der Waals surface area (Å²) >= 11 is 0. The van der Waals surface area contributed by atoms with Crippen molar-refractivity contribution in [3.63, 3.8) is 0 Å². The second-order valence-corrected chi connectivity index (χ2v) is 10.5. The third-order valence-electron chi connectivity index (χ3n) is 8.00. The van der Waals surface area contributed by atoms with Gasteiger partial charge in [-0.05, 0) is 59.2 Å². The number of rotatable bonds is 4. The number of ether oxygens (including phenoxy) is 2. The average molecular weight is 521 g/mol. The van der Waals surface area contributed by atoms with Crippen molar-refractivity contribution >= 4 is 33.9 Å². The molecule has 1 atom stereocenters. The highest BCUT2D eigenvalue weighted by molar-refractivity contribution is 6.05. The van der Waals surface area contributed by atoms with Gasteiger partial charge in [0.15, 0.2) is 11.5 Å². The highest BCUT2D eigenvalue weighted by Crippen LogP contribution is 2.35. The standard InChI is InChI=1S/C32H32N4O3/c37-32(36-15-14-28-27-9-2-1-6-23(27)12-13-29(28)36)33-24-7-5-8-25(20-24)35-18-16-34(17-19-35)21-26-22-38-30-10-3-4-11-31(30)39-26/h1-13,20,26H,14-19,21-22H2,(H,33,37). The van der Waals surface area contributed by atoms with Crippen LogP contribution in [-0.2, 0) is 6.42 Å². The lowest BCUT2D eigenvalue weighted by atomic mass is 10.0. The number of hydrogen-bond donors (Lipinski definition) is 1. The van der Waals surface area contributed by atoms with E-state index in [4.69, 9.17) is 9.47 Å². The fourth-order valence-electron chi connectivity index (χ4n) is 6.00. The van der Waals surface area contributed by atoms with Crippen LogP contribution in [0.4, 0.5) is 21.9 Å². The third kappa shape index (κ3) is 4.74. The van der Waals surface area contributed by atoms with Gasteiger partial charge in [-0.3, -0.25) is 9.80 Å². The lowest BCUT2D eigenvalue weighted by molar-refractivity contribution is 0.0571. The fraction of sp³-hybridized carbons (Fsp3) is 0.281. The van der Waals surface area contributed by atoms with Gasteiger partial charge in [-0.15, -0.1) is 0 Å². The van der Waals surface area contributed by atoms with Gasteiger partial charge in [0.25, 0.3) is 0 Å². The molecule has 3 heterocycles. The fourth-order valence-corrected chi connectivity index (χ4v) is 6.00. The van der Waals surface area contributed by atoms with Crippen LogP contribution in [0.25, 0.3) is 10.8 Å². The van der Waals surface area contributed by atoms with Crippen molar-refractivity contribution in [1.82, 2.24) is 4.90 Å². The molecule has 7 nitrogen and oxygen atoms in total. The van der Waals surface area contributed by atoms with Crippen LogP contribution in [0.2, 0.25) is 0 Å². The monoisotopic (exact) mass is 520 g/mol. The zero-order chi connectivity index (χ0) is 26.2. The molecule has 0 radical (unpaired) electrons. The highest BCUT2D eigenvalue weighted by atomic mass is 16.6. The van der Waals surface area contributed by atoms with Crippen LogP contribution in [0.5, 0.6) is 11.5 Å². The molecule has 0 spiro atoms. The molecule has 4 aromatic carbocycles. The summed E-state index contributed by atoms with van der Waals surface area (Å²) in [5.74, 6) is 1.66. The average Bonchev–Trinajstić information content (AvgIpc) is 3.43. The van der Waals surface area contributed by atoms with Crippen molar-refractivity contribution in [2.24, 2.45) is 0 Å². The molecule has 0 bridgehead atoms. The lowest BCUT2D eigenvalue weighted by Crippen LogP contribution is -2.50. The van der Waals surface area contributed by atoms with Crippen molar-refractivity contribution in [1.29, 1.82) is 0 Å². The molecule has 4 aromatic rings. The first-order valence-corrected chi connectivity index (χ1v) is 13.8. The van der Waals surface area contributed by atoms with Gasteiger partial charge in [-0.1, -0.05) is 48.5 Å². The molecule has 1 unspecified atom stereocenters. The summed E-state index contributed by atoms with van der Waals surface area (Å²) in [7, 11) is 0. The van der Waals surface area contributed by atoms with Gasteiger partial charge in [-0.25, -0.2) is 4.79 Å². The number of carbonyl (C=O) groups is 1. The highest BCUT2D eigenvalue weighted by Gasteiger charge is 2.27. The zero-order valence-corrected chi connectivity index (χ0v) is 21.9. The van der Waals surface area contributed by atoms with E-state index in [0.29, 0.717) is 13.2 Å². The predicted octanol–water partition coefficient (Wildman–Crippen LogP) is 5.40. The van der Waals surface area contributed by atoms with Crippen LogP contribution in [-0.4, -0.2) is 62.9 Å². The van der Waals surface area contributed by atoms with Gasteiger partial charge < -0.3 is 19.7 Å². The minimum absolute atomic E-state index is 0.0405. The number of benzene rings is 4. The van der Waals surface area contributed by atoms with Gasteiger partial charge in [0, 0.05) is 56.3 Å². The van der Waals surface area contributed by atoms with E-state index in [1.54, 1.807) is 0 Å². The molecular formula is C32H32N4O3. The Bertz CT molecular complexity index is 1510. The maximum atomic E-state index is 13.3. The van der Waals surface area contributed by atoms with Crippen molar-refractivity contribution in [3.05, 3.63) is 90.5 Å². The SMILES string of the molecule is O=C(Nc1cccc(N2CCN(CC3COc4ccccc4O3)CC2)c1)N1CCc2c1ccc1ccccc21. The minimum atomic E-state index is -0.0812. The summed E-state index contributed by atoms with van der Waals surface area (Å²) in [6, 6.07) is 28.5. The number of anilines is 3. The number of para-hydroxylation sites is 2. The van der Waals surface area contributed by atoms with Crippen LogP contribution in [0, 0.1) is 0 Å². The Morgan fingerprint density at radius 2 is 1.67 bits per heavy atom. The summed E-state index contributed by atoms with van der Waals surface area (Å²) in [4.78, 5) is 20.0. The van der Waals surface area contributed by atoms with E-state index in [-0.39, 0.29) is 12.1 Å². The summed E-state index contributed by atoms with van der Waals surface area (Å²) in [6.45, 7) is 5.88. The first-order valence-electron chi connectivity index (χ1n) is 13.8. The van der Waals surface area contributed by atoms with Gasteiger partial charge in [0.2, 0.25) is 0 Å². The number of urea groups is 1. The lowest BCUT2D eigenvalue weighted by Gasteiger charge is -2.38. The number of amides is 2. The number of hydrogen-bond acceptors (Lipinski definition) is 5. The number of piperazine rings is 1. The summed E-state index contributed by atoms with van der Waals surface area (Å²) in [5.41, 5.74) is 4.21. The molecule has 198 valence electrons. The first-order chi connectivity index (χ1) is 19.2. The van der Waals surface area contributed by atoms with E-state index < -0.39 is 0 Å². The zero-order valence-electron chi connectivity index (χ0n) is 21.9. The Morgan fingerprint density at radius 1 is 0.846 bits per heavy atom. The summed E-state index contributed by atoms with van der Waals surface area (Å²) in [5, 5.41) is 5.60. The Hall–Kier alpha value is -4.23. The van der Waals surface area contributed by atoms with E-state index in [1.807, 2.05) is 41.3 Å². The van der Waals surface area contributed by atoms with E-state index in [1.165, 1.54) is 16.3 Å². The van der Waals surface area contributed by atoms with Crippen LogP contribution < -0.4 is 24.6 Å². The normalized spacial score (nSPS) is 18.7. The van der Waals surface area contributed by atoms with Crippen molar-refractivity contribution in [3.8, 4) is 11.5 Å².